The molecule has 2 N–H and O–H groups in total. The lowest BCUT2D eigenvalue weighted by Gasteiger charge is -2.20. The summed E-state index contributed by atoms with van der Waals surface area (Å²) in [5, 5.41) is 3.83. The highest BCUT2D eigenvalue weighted by Gasteiger charge is 2.16. The normalized spacial score (nSPS) is 15.0. The zero-order valence-electron chi connectivity index (χ0n) is 17.2. The second-order valence-electron chi connectivity index (χ2n) is 7.75. The number of carbonyl (C=O) groups is 1. The van der Waals surface area contributed by atoms with E-state index >= 15 is 0 Å². The van der Waals surface area contributed by atoms with E-state index in [4.69, 9.17) is 9.72 Å². The molecule has 0 saturated heterocycles. The van der Waals surface area contributed by atoms with Gasteiger partial charge in [0.25, 0.3) is 0 Å². The van der Waals surface area contributed by atoms with Gasteiger partial charge in [-0.05, 0) is 37.3 Å². The number of amides is 1. The predicted molar refractivity (Wildman–Crippen MR) is 118 cm³/mol. The van der Waals surface area contributed by atoms with Gasteiger partial charge in [-0.25, -0.2) is 9.78 Å². The van der Waals surface area contributed by atoms with E-state index in [1.807, 2.05) is 42.9 Å². The van der Waals surface area contributed by atoms with Crippen LogP contribution in [0.25, 0.3) is 11.0 Å². The molecule has 1 aromatic carbocycles. The van der Waals surface area contributed by atoms with Gasteiger partial charge < -0.3 is 14.6 Å². The average molecular weight is 405 g/mol. The van der Waals surface area contributed by atoms with Gasteiger partial charge in [-0.2, -0.15) is 0 Å². The van der Waals surface area contributed by atoms with Crippen molar-refractivity contribution < 1.29 is 9.53 Å². The summed E-state index contributed by atoms with van der Waals surface area (Å²) in [5.41, 5.74) is 3.49. The Morgan fingerprint density at radius 3 is 2.82 bits per heavy atom. The van der Waals surface area contributed by atoms with Crippen LogP contribution in [0.4, 0.5) is 16.2 Å². The fourth-order valence-corrected chi connectivity index (χ4v) is 4.64. The minimum atomic E-state index is -0.415. The summed E-state index contributed by atoms with van der Waals surface area (Å²) in [6, 6.07) is 3.96. The van der Waals surface area contributed by atoms with Gasteiger partial charge in [0.15, 0.2) is 5.16 Å². The van der Waals surface area contributed by atoms with Crippen molar-refractivity contribution in [1.29, 1.82) is 0 Å². The molecule has 0 bridgehead atoms. The van der Waals surface area contributed by atoms with Gasteiger partial charge >= 0.3 is 6.09 Å². The summed E-state index contributed by atoms with van der Waals surface area (Å²) < 4.78 is 5.25. The van der Waals surface area contributed by atoms with E-state index in [0.29, 0.717) is 6.61 Å². The van der Waals surface area contributed by atoms with E-state index in [1.165, 1.54) is 32.1 Å². The standard InChI is InChI=1S/C21H32N4O2S/c1-4-5-11-27-21(26)24-18-12-16-17(13-19(18)25(2)3)23-20(22-16)28-14-15-9-7-6-8-10-15/h12-13,15H,4-11,14H2,1-3H3,(H,22,23)(H,24,26). The largest absolute Gasteiger partial charge is 0.449 e. The first-order valence-corrected chi connectivity index (χ1v) is 11.3. The molecule has 1 aliphatic rings. The molecule has 0 spiro atoms. The maximum absolute atomic E-state index is 12.1. The Kier molecular flexibility index (Phi) is 7.48. The van der Waals surface area contributed by atoms with Crippen LogP contribution in [0.5, 0.6) is 0 Å². The molecule has 28 heavy (non-hydrogen) atoms. The van der Waals surface area contributed by atoms with Gasteiger partial charge in [0.2, 0.25) is 0 Å². The van der Waals surface area contributed by atoms with Crippen molar-refractivity contribution >= 4 is 40.3 Å². The molecule has 0 unspecified atom stereocenters. The maximum atomic E-state index is 12.1. The lowest BCUT2D eigenvalue weighted by atomic mass is 9.91. The Labute approximate surface area is 171 Å². The highest BCUT2D eigenvalue weighted by molar-refractivity contribution is 7.99. The molecule has 6 nitrogen and oxygen atoms in total. The number of unbranched alkanes of at least 4 members (excludes halogenated alkanes) is 1. The molecule has 1 saturated carbocycles. The monoisotopic (exact) mass is 404 g/mol. The molecule has 1 aromatic heterocycles. The van der Waals surface area contributed by atoms with Crippen LogP contribution in [-0.4, -0.2) is 42.5 Å². The fourth-order valence-electron chi connectivity index (χ4n) is 3.57. The number of hydrogen-bond donors (Lipinski definition) is 2. The fraction of sp³-hybridized carbons (Fsp3) is 0.619. The third-order valence-corrected chi connectivity index (χ3v) is 6.31. The predicted octanol–water partition coefficient (Wildman–Crippen LogP) is 5.65. The molecule has 7 heteroatoms. The number of H-pyrrole nitrogens is 1. The number of ether oxygens (including phenoxy) is 1. The number of rotatable bonds is 8. The minimum absolute atomic E-state index is 0.415. The van der Waals surface area contributed by atoms with Crippen molar-refractivity contribution in [3.8, 4) is 0 Å². The number of imidazole rings is 1. The van der Waals surface area contributed by atoms with Gasteiger partial charge in [-0.3, -0.25) is 5.32 Å². The topological polar surface area (TPSA) is 70.2 Å². The first-order valence-electron chi connectivity index (χ1n) is 10.3. The van der Waals surface area contributed by atoms with Gasteiger partial charge in [0, 0.05) is 19.8 Å². The Bertz CT molecular complexity index is 784. The summed E-state index contributed by atoms with van der Waals surface area (Å²) in [6.07, 6.45) is 8.24. The Balaban J connectivity index is 1.71. The molecule has 1 aliphatic carbocycles. The molecule has 2 aromatic rings. The third kappa shape index (κ3) is 5.56. The third-order valence-electron chi connectivity index (χ3n) is 5.21. The SMILES string of the molecule is CCCCOC(=O)Nc1cc2[nH]c(SCC3CCCCC3)nc2cc1N(C)C. The van der Waals surface area contributed by atoms with Gasteiger partial charge in [0.1, 0.15) is 0 Å². The van der Waals surface area contributed by atoms with Gasteiger partial charge in [-0.15, -0.1) is 0 Å². The van der Waals surface area contributed by atoms with Crippen molar-refractivity contribution in [2.75, 3.05) is 36.7 Å². The molecule has 1 amide bonds. The van der Waals surface area contributed by atoms with Crippen molar-refractivity contribution in [3.05, 3.63) is 12.1 Å². The van der Waals surface area contributed by atoms with Crippen LogP contribution in [0.3, 0.4) is 0 Å². The van der Waals surface area contributed by atoms with E-state index in [0.717, 1.165) is 52.1 Å². The number of hydrogen-bond acceptors (Lipinski definition) is 5. The van der Waals surface area contributed by atoms with E-state index in [-0.39, 0.29) is 0 Å². The molecule has 3 rings (SSSR count). The number of aromatic amines is 1. The highest BCUT2D eigenvalue weighted by atomic mass is 32.2. The molecular weight excluding hydrogens is 372 g/mol. The molecule has 0 radical (unpaired) electrons. The van der Waals surface area contributed by atoms with Crippen molar-refractivity contribution in [2.24, 2.45) is 5.92 Å². The van der Waals surface area contributed by atoms with E-state index in [9.17, 15) is 4.79 Å². The molecule has 0 atom stereocenters. The van der Waals surface area contributed by atoms with Crippen LogP contribution in [-0.2, 0) is 4.74 Å². The highest BCUT2D eigenvalue weighted by Crippen LogP contribution is 2.33. The number of benzene rings is 1. The summed E-state index contributed by atoms with van der Waals surface area (Å²) >= 11 is 1.81. The number of carbonyl (C=O) groups excluding carboxylic acids is 1. The Morgan fingerprint density at radius 1 is 1.32 bits per heavy atom. The second-order valence-corrected chi connectivity index (χ2v) is 8.76. The zero-order valence-corrected chi connectivity index (χ0v) is 18.0. The van der Waals surface area contributed by atoms with Crippen molar-refractivity contribution in [1.82, 2.24) is 9.97 Å². The van der Waals surface area contributed by atoms with Crippen LogP contribution in [0.2, 0.25) is 0 Å². The number of fused-ring (bicyclic) bond motifs is 1. The van der Waals surface area contributed by atoms with Crippen LogP contribution in [0.15, 0.2) is 17.3 Å². The first kappa shape index (κ1) is 20.8. The summed E-state index contributed by atoms with van der Waals surface area (Å²) in [6.45, 7) is 2.51. The quantitative estimate of drug-likeness (QED) is 0.439. The lowest BCUT2D eigenvalue weighted by Crippen LogP contribution is -2.18. The summed E-state index contributed by atoms with van der Waals surface area (Å²) in [5.74, 6) is 1.93. The molecular formula is C21H32N4O2S. The van der Waals surface area contributed by atoms with E-state index < -0.39 is 6.09 Å². The Hall–Kier alpha value is -1.89. The smallest absolute Gasteiger partial charge is 0.411 e. The van der Waals surface area contributed by atoms with Gasteiger partial charge in [-0.1, -0.05) is 44.4 Å². The summed E-state index contributed by atoms with van der Waals surface area (Å²) in [4.78, 5) is 22.2. The number of thioether (sulfide) groups is 1. The van der Waals surface area contributed by atoms with Crippen LogP contribution in [0.1, 0.15) is 51.9 Å². The molecule has 154 valence electrons. The van der Waals surface area contributed by atoms with Gasteiger partial charge in [0.05, 0.1) is 29.0 Å². The minimum Gasteiger partial charge on any atom is -0.449 e. The first-order chi connectivity index (χ1) is 13.6. The van der Waals surface area contributed by atoms with Crippen molar-refractivity contribution in [2.45, 2.75) is 57.0 Å². The molecule has 1 heterocycles. The van der Waals surface area contributed by atoms with E-state index in [1.54, 1.807) is 0 Å². The lowest BCUT2D eigenvalue weighted by molar-refractivity contribution is 0.160. The number of nitrogens with zero attached hydrogens (tertiary/aromatic N) is 2. The van der Waals surface area contributed by atoms with Crippen LogP contribution >= 0.6 is 11.8 Å². The number of nitrogens with one attached hydrogen (secondary N) is 2. The number of anilines is 2. The van der Waals surface area contributed by atoms with Crippen LogP contribution in [0, 0.1) is 5.92 Å². The maximum Gasteiger partial charge on any atom is 0.411 e. The summed E-state index contributed by atoms with van der Waals surface area (Å²) in [7, 11) is 3.92. The molecule has 0 aliphatic heterocycles. The Morgan fingerprint density at radius 2 is 2.11 bits per heavy atom. The molecule has 1 fully saturated rings. The van der Waals surface area contributed by atoms with E-state index in [2.05, 4.69) is 17.2 Å². The van der Waals surface area contributed by atoms with Crippen molar-refractivity contribution in [3.63, 3.8) is 0 Å². The second kappa shape index (κ2) is 10.0. The average Bonchev–Trinajstić information content (AvgIpc) is 3.08. The zero-order chi connectivity index (χ0) is 19.9. The van der Waals surface area contributed by atoms with Crippen LogP contribution < -0.4 is 10.2 Å². The number of aromatic nitrogens is 2.